The van der Waals surface area contributed by atoms with Crippen molar-refractivity contribution < 1.29 is 9.47 Å². The second-order valence-corrected chi connectivity index (χ2v) is 5.95. The summed E-state index contributed by atoms with van der Waals surface area (Å²) in [5.74, 6) is 1.32. The van der Waals surface area contributed by atoms with Crippen molar-refractivity contribution in [1.29, 1.82) is 0 Å². The third kappa shape index (κ3) is 3.48. The number of rotatable bonds is 6. The molecule has 1 N–H and O–H groups in total. The van der Waals surface area contributed by atoms with Gasteiger partial charge in [0.1, 0.15) is 0 Å². The Balaban J connectivity index is 1.74. The van der Waals surface area contributed by atoms with E-state index in [0.29, 0.717) is 23.1 Å². The first-order valence-electron chi connectivity index (χ1n) is 7.80. The molecule has 0 aromatic heterocycles. The third-order valence-electron chi connectivity index (χ3n) is 4.06. The summed E-state index contributed by atoms with van der Waals surface area (Å²) in [4.78, 5) is 0. The number of hydrogen-bond acceptors (Lipinski definition) is 3. The van der Waals surface area contributed by atoms with Crippen molar-refractivity contribution in [2.45, 2.75) is 13.1 Å². The number of nitrogens with one attached hydrogen (secondary N) is 1. The predicted octanol–water partition coefficient (Wildman–Crippen LogP) is 4.80. The maximum absolute atomic E-state index is 6.34. The lowest BCUT2D eigenvalue weighted by atomic mass is 10.0. The monoisotopic (exact) mass is 341 g/mol. The van der Waals surface area contributed by atoms with E-state index >= 15 is 0 Å². The molecule has 3 aromatic carbocycles. The van der Waals surface area contributed by atoms with Crippen LogP contribution in [0.15, 0.2) is 54.6 Å². The van der Waals surface area contributed by atoms with Crippen LogP contribution in [0.5, 0.6) is 11.5 Å². The molecule has 0 atom stereocenters. The highest BCUT2D eigenvalue weighted by Crippen LogP contribution is 2.33. The molecule has 0 aliphatic heterocycles. The zero-order chi connectivity index (χ0) is 16.9. The molecule has 3 nitrogen and oxygen atoms in total. The van der Waals surface area contributed by atoms with Crippen molar-refractivity contribution >= 4 is 22.4 Å². The fourth-order valence-electron chi connectivity index (χ4n) is 2.81. The molecule has 124 valence electrons. The van der Waals surface area contributed by atoms with E-state index in [2.05, 4.69) is 47.8 Å². The molecule has 0 bridgehead atoms. The molecule has 0 saturated heterocycles. The quantitative estimate of drug-likeness (QED) is 0.698. The first-order chi connectivity index (χ1) is 11.7. The van der Waals surface area contributed by atoms with Gasteiger partial charge in [-0.3, -0.25) is 0 Å². The van der Waals surface area contributed by atoms with Crippen LogP contribution in [0.3, 0.4) is 0 Å². The van der Waals surface area contributed by atoms with Gasteiger partial charge < -0.3 is 14.8 Å². The Labute approximate surface area is 147 Å². The summed E-state index contributed by atoms with van der Waals surface area (Å²) in [6, 6.07) is 18.5. The maximum atomic E-state index is 6.34. The number of hydrogen-bond donors (Lipinski definition) is 1. The Morgan fingerprint density at radius 2 is 1.50 bits per heavy atom. The molecule has 0 heterocycles. The molecular formula is C20H20ClNO2. The number of methoxy groups -OCH3 is 2. The molecule has 0 aliphatic rings. The van der Waals surface area contributed by atoms with Crippen LogP contribution in [0, 0.1) is 0 Å². The molecule has 3 aromatic rings. The van der Waals surface area contributed by atoms with Crippen molar-refractivity contribution in [2.24, 2.45) is 0 Å². The first-order valence-corrected chi connectivity index (χ1v) is 8.18. The van der Waals surface area contributed by atoms with E-state index in [1.54, 1.807) is 20.3 Å². The highest BCUT2D eigenvalue weighted by Gasteiger charge is 2.10. The van der Waals surface area contributed by atoms with Gasteiger partial charge in [0.2, 0.25) is 0 Å². The van der Waals surface area contributed by atoms with E-state index in [1.807, 2.05) is 6.07 Å². The number of fused-ring (bicyclic) bond motifs is 1. The van der Waals surface area contributed by atoms with E-state index in [4.69, 9.17) is 21.1 Å². The molecule has 24 heavy (non-hydrogen) atoms. The predicted molar refractivity (Wildman–Crippen MR) is 99.0 cm³/mol. The second kappa shape index (κ2) is 7.56. The minimum absolute atomic E-state index is 0.639. The van der Waals surface area contributed by atoms with Crippen LogP contribution in [0.4, 0.5) is 0 Å². The number of ether oxygens (including phenoxy) is 2. The average Bonchev–Trinajstić information content (AvgIpc) is 2.62. The molecule has 3 rings (SSSR count). The van der Waals surface area contributed by atoms with Gasteiger partial charge in [-0.1, -0.05) is 54.1 Å². The van der Waals surface area contributed by atoms with Gasteiger partial charge in [0, 0.05) is 24.2 Å². The van der Waals surface area contributed by atoms with Gasteiger partial charge in [-0.2, -0.15) is 0 Å². The van der Waals surface area contributed by atoms with E-state index in [0.717, 1.165) is 12.1 Å². The van der Waals surface area contributed by atoms with Gasteiger partial charge in [0.15, 0.2) is 11.5 Å². The smallest absolute Gasteiger partial charge is 0.162 e. The Morgan fingerprint density at radius 3 is 2.29 bits per heavy atom. The number of halogens is 1. The van der Waals surface area contributed by atoms with Gasteiger partial charge in [0.25, 0.3) is 0 Å². The lowest BCUT2D eigenvalue weighted by molar-refractivity contribution is 0.354. The molecule has 0 fully saturated rings. The van der Waals surface area contributed by atoms with E-state index in [1.165, 1.54) is 16.3 Å². The summed E-state index contributed by atoms with van der Waals surface area (Å²) in [5.41, 5.74) is 2.25. The minimum atomic E-state index is 0.639. The topological polar surface area (TPSA) is 30.5 Å². The molecule has 0 amide bonds. The highest BCUT2D eigenvalue weighted by atomic mass is 35.5. The lowest BCUT2D eigenvalue weighted by Gasteiger charge is -2.13. The minimum Gasteiger partial charge on any atom is -0.493 e. The van der Waals surface area contributed by atoms with E-state index < -0.39 is 0 Å². The van der Waals surface area contributed by atoms with Gasteiger partial charge >= 0.3 is 0 Å². The molecular weight excluding hydrogens is 322 g/mol. The summed E-state index contributed by atoms with van der Waals surface area (Å²) < 4.78 is 10.6. The standard InChI is InChI=1S/C20H20ClNO2/c1-23-19-10-16(18(21)11-20(19)24-2)13-22-12-15-8-5-7-14-6-3-4-9-17(14)15/h3-11,22H,12-13H2,1-2H3. The van der Waals surface area contributed by atoms with Crippen LogP contribution < -0.4 is 14.8 Å². The summed E-state index contributed by atoms with van der Waals surface area (Å²) in [5, 5.41) is 6.64. The van der Waals surface area contributed by atoms with E-state index in [-0.39, 0.29) is 0 Å². The number of benzene rings is 3. The first kappa shape index (κ1) is 16.6. The fourth-order valence-corrected chi connectivity index (χ4v) is 3.03. The van der Waals surface area contributed by atoms with Crippen LogP contribution in [0.1, 0.15) is 11.1 Å². The zero-order valence-corrected chi connectivity index (χ0v) is 14.6. The largest absolute Gasteiger partial charge is 0.493 e. The summed E-state index contributed by atoms with van der Waals surface area (Å²) in [6.45, 7) is 1.43. The fraction of sp³-hybridized carbons (Fsp3) is 0.200. The van der Waals surface area contributed by atoms with Crippen molar-refractivity contribution in [3.8, 4) is 11.5 Å². The van der Waals surface area contributed by atoms with Gasteiger partial charge in [0.05, 0.1) is 14.2 Å². The molecule has 0 saturated carbocycles. The van der Waals surface area contributed by atoms with Crippen LogP contribution in [-0.4, -0.2) is 14.2 Å². The lowest BCUT2D eigenvalue weighted by Crippen LogP contribution is -2.13. The Hall–Kier alpha value is -2.23. The van der Waals surface area contributed by atoms with Gasteiger partial charge in [-0.05, 0) is 28.0 Å². The maximum Gasteiger partial charge on any atom is 0.162 e. The van der Waals surface area contributed by atoms with Crippen LogP contribution in [0.25, 0.3) is 10.8 Å². The Bertz CT molecular complexity index is 843. The second-order valence-electron chi connectivity index (χ2n) is 5.54. The van der Waals surface area contributed by atoms with Crippen molar-refractivity contribution in [3.63, 3.8) is 0 Å². The summed E-state index contributed by atoms with van der Waals surface area (Å²) >= 11 is 6.34. The normalized spacial score (nSPS) is 10.8. The average molecular weight is 342 g/mol. The van der Waals surface area contributed by atoms with Gasteiger partial charge in [-0.25, -0.2) is 0 Å². The Morgan fingerprint density at radius 1 is 0.833 bits per heavy atom. The molecule has 0 aliphatic carbocycles. The van der Waals surface area contributed by atoms with Crippen molar-refractivity contribution in [2.75, 3.05) is 14.2 Å². The summed E-state index contributed by atoms with van der Waals surface area (Å²) in [6.07, 6.45) is 0. The molecule has 0 radical (unpaired) electrons. The van der Waals surface area contributed by atoms with Crippen LogP contribution in [0.2, 0.25) is 5.02 Å². The molecule has 4 heteroatoms. The van der Waals surface area contributed by atoms with E-state index in [9.17, 15) is 0 Å². The van der Waals surface area contributed by atoms with Crippen LogP contribution >= 0.6 is 11.6 Å². The Kier molecular flexibility index (Phi) is 5.24. The van der Waals surface area contributed by atoms with Gasteiger partial charge in [-0.15, -0.1) is 0 Å². The summed E-state index contributed by atoms with van der Waals surface area (Å²) in [7, 11) is 3.23. The molecule has 0 unspecified atom stereocenters. The SMILES string of the molecule is COc1cc(Cl)c(CNCc2cccc3ccccc23)cc1OC. The van der Waals surface area contributed by atoms with Crippen molar-refractivity contribution in [1.82, 2.24) is 5.32 Å². The van der Waals surface area contributed by atoms with Crippen molar-refractivity contribution in [3.05, 3.63) is 70.7 Å². The highest BCUT2D eigenvalue weighted by molar-refractivity contribution is 6.31. The third-order valence-corrected chi connectivity index (χ3v) is 4.42. The van der Waals surface area contributed by atoms with Crippen LogP contribution in [-0.2, 0) is 13.1 Å². The molecule has 0 spiro atoms. The zero-order valence-electron chi connectivity index (χ0n) is 13.8.